The second-order valence-electron chi connectivity index (χ2n) is 4.96. The Bertz CT molecular complexity index is 521. The van der Waals surface area contributed by atoms with E-state index < -0.39 is 9.84 Å². The quantitative estimate of drug-likeness (QED) is 0.875. The molecule has 1 aliphatic rings. The fourth-order valence-electron chi connectivity index (χ4n) is 2.34. The summed E-state index contributed by atoms with van der Waals surface area (Å²) in [5.74, 6) is 2.14. The lowest BCUT2D eigenvalue weighted by Gasteiger charge is -2.32. The molecule has 0 radical (unpaired) electrons. The summed E-state index contributed by atoms with van der Waals surface area (Å²) >= 11 is 0. The molecule has 6 heteroatoms. The summed E-state index contributed by atoms with van der Waals surface area (Å²) in [7, 11) is -2.86. The van der Waals surface area contributed by atoms with E-state index >= 15 is 0 Å². The maximum Gasteiger partial charge on any atom is 0.153 e. The summed E-state index contributed by atoms with van der Waals surface area (Å²) in [5.41, 5.74) is 6.63. The van der Waals surface area contributed by atoms with E-state index in [0.717, 1.165) is 17.1 Å². The normalized spacial score (nSPS) is 24.3. The molecular formula is C12H20N2O3S. The molecule has 0 aliphatic carbocycles. The highest BCUT2D eigenvalue weighted by atomic mass is 32.2. The Hall–Kier alpha value is -0.850. The molecule has 18 heavy (non-hydrogen) atoms. The van der Waals surface area contributed by atoms with Crippen molar-refractivity contribution in [2.24, 2.45) is 5.73 Å². The van der Waals surface area contributed by atoms with Crippen LogP contribution in [0.2, 0.25) is 0 Å². The average Bonchev–Trinajstić information content (AvgIpc) is 2.62. The van der Waals surface area contributed by atoms with Crippen molar-refractivity contribution in [2.75, 3.05) is 18.1 Å². The lowest BCUT2D eigenvalue weighted by molar-refractivity contribution is 0.200. The van der Waals surface area contributed by atoms with Gasteiger partial charge in [0.1, 0.15) is 11.5 Å². The van der Waals surface area contributed by atoms with E-state index in [1.165, 1.54) is 0 Å². The van der Waals surface area contributed by atoms with Crippen molar-refractivity contribution in [2.45, 2.75) is 33.0 Å². The third-order valence-electron chi connectivity index (χ3n) is 3.42. The molecule has 1 saturated heterocycles. The zero-order valence-electron chi connectivity index (χ0n) is 10.8. The molecule has 0 saturated carbocycles. The highest BCUT2D eigenvalue weighted by molar-refractivity contribution is 7.91. The topological polar surface area (TPSA) is 76.5 Å². The van der Waals surface area contributed by atoms with Crippen molar-refractivity contribution in [1.29, 1.82) is 0 Å². The SMILES string of the molecule is Cc1cc(CN2CCS(=O)(=O)CC2C)oc1CN. The van der Waals surface area contributed by atoms with Gasteiger partial charge in [-0.3, -0.25) is 4.90 Å². The molecule has 1 aromatic rings. The first-order valence-electron chi connectivity index (χ1n) is 6.14. The van der Waals surface area contributed by atoms with Crippen molar-refractivity contribution in [3.8, 4) is 0 Å². The molecule has 0 amide bonds. The molecule has 5 nitrogen and oxygen atoms in total. The van der Waals surface area contributed by atoms with Crippen LogP contribution in [0.5, 0.6) is 0 Å². The predicted octanol–water partition coefficient (Wildman–Crippen LogP) is 0.666. The summed E-state index contributed by atoms with van der Waals surface area (Å²) in [6, 6.07) is 2.02. The number of hydrogen-bond donors (Lipinski definition) is 1. The van der Waals surface area contributed by atoms with Crippen LogP contribution in [0.1, 0.15) is 24.0 Å². The van der Waals surface area contributed by atoms with Gasteiger partial charge in [-0.1, -0.05) is 0 Å². The highest BCUT2D eigenvalue weighted by Crippen LogP contribution is 2.19. The van der Waals surface area contributed by atoms with Crippen molar-refractivity contribution in [3.05, 3.63) is 23.2 Å². The van der Waals surface area contributed by atoms with Crippen molar-refractivity contribution < 1.29 is 12.8 Å². The Morgan fingerprint density at radius 2 is 2.28 bits per heavy atom. The van der Waals surface area contributed by atoms with Crippen LogP contribution in [0, 0.1) is 6.92 Å². The van der Waals surface area contributed by atoms with Gasteiger partial charge in [-0.25, -0.2) is 8.42 Å². The van der Waals surface area contributed by atoms with Crippen LogP contribution >= 0.6 is 0 Å². The van der Waals surface area contributed by atoms with Crippen molar-refractivity contribution in [1.82, 2.24) is 4.90 Å². The van der Waals surface area contributed by atoms with Crippen LogP contribution in [0.15, 0.2) is 10.5 Å². The van der Waals surface area contributed by atoms with E-state index in [1.807, 2.05) is 19.9 Å². The number of furan rings is 1. The highest BCUT2D eigenvalue weighted by Gasteiger charge is 2.28. The summed E-state index contributed by atoms with van der Waals surface area (Å²) in [4.78, 5) is 2.14. The molecule has 102 valence electrons. The van der Waals surface area contributed by atoms with Gasteiger partial charge in [0.2, 0.25) is 0 Å². The monoisotopic (exact) mass is 272 g/mol. The third-order valence-corrected chi connectivity index (χ3v) is 5.22. The Morgan fingerprint density at radius 3 is 2.83 bits per heavy atom. The van der Waals surface area contributed by atoms with E-state index in [1.54, 1.807) is 0 Å². The van der Waals surface area contributed by atoms with Gasteiger partial charge in [0.25, 0.3) is 0 Å². The Kier molecular flexibility index (Phi) is 3.79. The zero-order valence-corrected chi connectivity index (χ0v) is 11.7. The van der Waals surface area contributed by atoms with Crippen LogP contribution in [0.25, 0.3) is 0 Å². The van der Waals surface area contributed by atoms with Crippen LogP contribution in [-0.4, -0.2) is 37.4 Å². The van der Waals surface area contributed by atoms with E-state index in [4.69, 9.17) is 10.2 Å². The molecule has 2 N–H and O–H groups in total. The minimum Gasteiger partial charge on any atom is -0.463 e. The van der Waals surface area contributed by atoms with Gasteiger partial charge >= 0.3 is 0 Å². The van der Waals surface area contributed by atoms with Crippen LogP contribution < -0.4 is 5.73 Å². The standard InChI is InChI=1S/C12H20N2O3S/c1-9-5-11(17-12(9)6-13)7-14-3-4-18(15,16)8-10(14)2/h5,10H,3-4,6-8,13H2,1-2H3. The number of nitrogens with two attached hydrogens (primary N) is 1. The van der Waals surface area contributed by atoms with Gasteiger partial charge in [0.15, 0.2) is 9.84 Å². The number of aryl methyl sites for hydroxylation is 1. The smallest absolute Gasteiger partial charge is 0.153 e. The Morgan fingerprint density at radius 1 is 1.56 bits per heavy atom. The van der Waals surface area contributed by atoms with Gasteiger partial charge in [-0.15, -0.1) is 0 Å². The molecule has 0 spiro atoms. The first kappa shape index (κ1) is 13.6. The molecular weight excluding hydrogens is 252 g/mol. The molecule has 1 aromatic heterocycles. The van der Waals surface area contributed by atoms with Crippen molar-refractivity contribution in [3.63, 3.8) is 0 Å². The van der Waals surface area contributed by atoms with Crippen LogP contribution in [0.4, 0.5) is 0 Å². The van der Waals surface area contributed by atoms with E-state index in [-0.39, 0.29) is 17.5 Å². The first-order chi connectivity index (χ1) is 8.41. The van der Waals surface area contributed by atoms with Crippen LogP contribution in [0.3, 0.4) is 0 Å². The Balaban J connectivity index is 2.05. The molecule has 0 aromatic carbocycles. The van der Waals surface area contributed by atoms with Gasteiger partial charge < -0.3 is 10.2 Å². The zero-order chi connectivity index (χ0) is 13.3. The summed E-state index contributed by atoms with van der Waals surface area (Å²) in [6.45, 7) is 5.53. The van der Waals surface area contributed by atoms with Crippen molar-refractivity contribution >= 4 is 9.84 Å². The summed E-state index contributed by atoms with van der Waals surface area (Å²) < 4.78 is 28.6. The number of nitrogens with zero attached hydrogens (tertiary/aromatic N) is 1. The molecule has 2 rings (SSSR count). The molecule has 1 fully saturated rings. The molecule has 1 aliphatic heterocycles. The third kappa shape index (κ3) is 2.93. The molecule has 1 atom stereocenters. The lowest BCUT2D eigenvalue weighted by atomic mass is 10.2. The minimum absolute atomic E-state index is 0.0375. The number of hydrogen-bond acceptors (Lipinski definition) is 5. The van der Waals surface area contributed by atoms with E-state index in [2.05, 4.69) is 4.90 Å². The maximum atomic E-state index is 11.5. The maximum absolute atomic E-state index is 11.5. The van der Waals surface area contributed by atoms with Gasteiger partial charge in [0, 0.05) is 12.6 Å². The van der Waals surface area contributed by atoms with Gasteiger partial charge in [-0.05, 0) is 25.5 Å². The lowest BCUT2D eigenvalue weighted by Crippen LogP contribution is -2.46. The first-order valence-corrected chi connectivity index (χ1v) is 7.96. The van der Waals surface area contributed by atoms with E-state index in [0.29, 0.717) is 19.6 Å². The largest absolute Gasteiger partial charge is 0.463 e. The average molecular weight is 272 g/mol. The second kappa shape index (κ2) is 5.03. The fourth-order valence-corrected chi connectivity index (χ4v) is 3.96. The number of rotatable bonds is 3. The Labute approximate surface area is 108 Å². The van der Waals surface area contributed by atoms with Gasteiger partial charge in [-0.2, -0.15) is 0 Å². The fraction of sp³-hybridized carbons (Fsp3) is 0.667. The summed E-state index contributed by atoms with van der Waals surface area (Å²) in [6.07, 6.45) is 0. The number of sulfone groups is 1. The second-order valence-corrected chi connectivity index (χ2v) is 7.19. The predicted molar refractivity (Wildman–Crippen MR) is 69.9 cm³/mol. The molecule has 2 heterocycles. The molecule has 1 unspecified atom stereocenters. The molecule has 0 bridgehead atoms. The van der Waals surface area contributed by atoms with Crippen LogP contribution in [-0.2, 0) is 22.9 Å². The van der Waals surface area contributed by atoms with Gasteiger partial charge in [0.05, 0.1) is 24.6 Å². The summed E-state index contributed by atoms with van der Waals surface area (Å²) in [5, 5.41) is 0. The van der Waals surface area contributed by atoms with E-state index in [9.17, 15) is 8.42 Å². The minimum atomic E-state index is -2.86.